The standard InChI is InChI=1S/C11H16O4.C3H4N2.C2H6O4S/c1-3-11(9(14)15)6-4-5-10(2,7-11)8(12)13;1-2-5-3-4-1;1-2-6-7(3,4)5/h4,6H,3,5,7H2,1-2H3,(H,12,13)(H,14,15);1-3H,(H,4,5);2H2,1H3,(H,3,4,5). The summed E-state index contributed by atoms with van der Waals surface area (Å²) < 4.78 is 30.7. The molecule has 4 N–H and O–H groups in total. The first kappa shape index (κ1) is 24.8. The summed E-state index contributed by atoms with van der Waals surface area (Å²) >= 11 is 0. The first-order valence-electron chi connectivity index (χ1n) is 8.11. The van der Waals surface area contributed by atoms with Crippen LogP contribution in [0.15, 0.2) is 30.9 Å². The number of aromatic amines is 1. The van der Waals surface area contributed by atoms with E-state index in [1.165, 1.54) is 6.92 Å². The van der Waals surface area contributed by atoms with Crippen LogP contribution >= 0.6 is 0 Å². The summed E-state index contributed by atoms with van der Waals surface area (Å²) in [5, 5.41) is 18.2. The van der Waals surface area contributed by atoms with Crippen molar-refractivity contribution in [2.45, 2.75) is 40.0 Å². The van der Waals surface area contributed by atoms with E-state index in [-0.39, 0.29) is 13.0 Å². The maximum Gasteiger partial charge on any atom is 0.397 e. The minimum Gasteiger partial charge on any atom is -0.481 e. The maximum absolute atomic E-state index is 11.2. The fourth-order valence-electron chi connectivity index (χ4n) is 2.44. The molecule has 154 valence electrons. The molecule has 2 atom stereocenters. The normalized spacial score (nSPS) is 24.0. The van der Waals surface area contributed by atoms with Gasteiger partial charge in [0.2, 0.25) is 0 Å². The van der Waals surface area contributed by atoms with Crippen molar-refractivity contribution in [2.24, 2.45) is 10.8 Å². The van der Waals surface area contributed by atoms with Gasteiger partial charge in [0, 0.05) is 12.4 Å². The first-order chi connectivity index (χ1) is 12.4. The number of aliphatic carboxylic acids is 2. The highest BCUT2D eigenvalue weighted by Gasteiger charge is 2.47. The highest BCUT2D eigenvalue weighted by atomic mass is 32.3. The van der Waals surface area contributed by atoms with Gasteiger partial charge >= 0.3 is 22.3 Å². The Morgan fingerprint density at radius 1 is 1.26 bits per heavy atom. The molecule has 0 bridgehead atoms. The van der Waals surface area contributed by atoms with Gasteiger partial charge in [-0.15, -0.1) is 0 Å². The van der Waals surface area contributed by atoms with Crippen LogP contribution in [0.25, 0.3) is 0 Å². The topological polar surface area (TPSA) is 167 Å². The lowest BCUT2D eigenvalue weighted by atomic mass is 9.65. The van der Waals surface area contributed by atoms with Gasteiger partial charge in [-0.2, -0.15) is 8.42 Å². The monoisotopic (exact) mass is 406 g/mol. The van der Waals surface area contributed by atoms with Crippen molar-refractivity contribution in [3.63, 3.8) is 0 Å². The number of carbonyl (C=O) groups is 2. The van der Waals surface area contributed by atoms with Gasteiger partial charge in [0.25, 0.3) is 0 Å². The number of hydrogen-bond donors (Lipinski definition) is 4. The third-order valence-corrected chi connectivity index (χ3v) is 4.49. The largest absolute Gasteiger partial charge is 0.481 e. The smallest absolute Gasteiger partial charge is 0.397 e. The second-order valence-electron chi connectivity index (χ2n) is 6.06. The lowest BCUT2D eigenvalue weighted by molar-refractivity contribution is -0.155. The molecule has 27 heavy (non-hydrogen) atoms. The maximum atomic E-state index is 11.2. The molecule has 0 amide bonds. The molecule has 1 aromatic heterocycles. The van der Waals surface area contributed by atoms with Crippen LogP contribution in [0.1, 0.15) is 40.0 Å². The van der Waals surface area contributed by atoms with Crippen molar-refractivity contribution in [1.29, 1.82) is 0 Å². The lowest BCUT2D eigenvalue weighted by Crippen LogP contribution is -2.41. The molecule has 2 unspecified atom stereocenters. The van der Waals surface area contributed by atoms with E-state index < -0.39 is 33.2 Å². The average Bonchev–Trinajstić information content (AvgIpc) is 3.13. The zero-order valence-corrected chi connectivity index (χ0v) is 16.3. The minimum absolute atomic E-state index is 0.0289. The molecule has 11 heteroatoms. The molecule has 1 aromatic rings. The van der Waals surface area contributed by atoms with Crippen LogP contribution in [0.3, 0.4) is 0 Å². The molecule has 10 nitrogen and oxygen atoms in total. The van der Waals surface area contributed by atoms with E-state index in [9.17, 15) is 18.0 Å². The van der Waals surface area contributed by atoms with Crippen molar-refractivity contribution in [1.82, 2.24) is 9.97 Å². The quantitative estimate of drug-likeness (QED) is 0.423. The predicted octanol–water partition coefficient (Wildman–Crippen LogP) is 2.14. The number of carboxylic acids is 2. The van der Waals surface area contributed by atoms with Gasteiger partial charge in [0.15, 0.2) is 0 Å². The Morgan fingerprint density at radius 3 is 2.15 bits per heavy atom. The third kappa shape index (κ3) is 8.80. The summed E-state index contributed by atoms with van der Waals surface area (Å²) in [5.41, 5.74) is -1.96. The number of H-pyrrole nitrogens is 1. The Kier molecular flexibility index (Phi) is 9.90. The van der Waals surface area contributed by atoms with E-state index >= 15 is 0 Å². The molecule has 0 saturated heterocycles. The predicted molar refractivity (Wildman–Crippen MR) is 96.2 cm³/mol. The molecule has 1 aliphatic rings. The molecule has 2 rings (SSSR count). The molecule has 0 radical (unpaired) electrons. The van der Waals surface area contributed by atoms with Crippen molar-refractivity contribution < 1.29 is 37.0 Å². The van der Waals surface area contributed by atoms with E-state index in [1.54, 1.807) is 44.7 Å². The highest BCUT2D eigenvalue weighted by Crippen LogP contribution is 2.44. The van der Waals surface area contributed by atoms with E-state index in [0.717, 1.165) is 0 Å². The third-order valence-electron chi connectivity index (χ3n) is 3.96. The summed E-state index contributed by atoms with van der Waals surface area (Å²) in [6.45, 7) is 4.81. The van der Waals surface area contributed by atoms with Gasteiger partial charge in [-0.25, -0.2) is 9.17 Å². The highest BCUT2D eigenvalue weighted by molar-refractivity contribution is 7.80. The van der Waals surface area contributed by atoms with E-state index in [2.05, 4.69) is 14.2 Å². The van der Waals surface area contributed by atoms with Gasteiger partial charge < -0.3 is 15.2 Å². The van der Waals surface area contributed by atoms with Crippen LogP contribution in [-0.4, -0.2) is 51.7 Å². The summed E-state index contributed by atoms with van der Waals surface area (Å²) in [5.74, 6) is -1.86. The van der Waals surface area contributed by atoms with Crippen LogP contribution in [0.2, 0.25) is 0 Å². The summed E-state index contributed by atoms with van der Waals surface area (Å²) in [4.78, 5) is 28.7. The second-order valence-corrected chi connectivity index (χ2v) is 7.15. The Labute approximate surface area is 158 Å². The molecular formula is C16H26N2O8S. The van der Waals surface area contributed by atoms with Crippen molar-refractivity contribution in [3.8, 4) is 0 Å². The van der Waals surface area contributed by atoms with Gasteiger partial charge in [0.1, 0.15) is 0 Å². The van der Waals surface area contributed by atoms with Gasteiger partial charge in [-0.1, -0.05) is 19.1 Å². The number of nitrogens with zero attached hydrogens (tertiary/aromatic N) is 1. The zero-order chi connectivity index (χ0) is 21.1. The summed E-state index contributed by atoms with van der Waals surface area (Å²) in [7, 11) is -4.17. The molecule has 0 aromatic carbocycles. The number of aromatic nitrogens is 2. The Balaban J connectivity index is 0.000000462. The van der Waals surface area contributed by atoms with Crippen LogP contribution in [-0.2, 0) is 24.2 Å². The molecule has 0 aliphatic heterocycles. The number of imidazole rings is 1. The first-order valence-corrected chi connectivity index (χ1v) is 9.48. The number of allylic oxidation sites excluding steroid dienone is 1. The van der Waals surface area contributed by atoms with Crippen LogP contribution in [0.4, 0.5) is 0 Å². The SMILES string of the molecule is CCC1(C(=O)O)C=CCC(C)(C(=O)O)C1.CCOS(=O)(=O)O.c1c[nH]cn1. The number of rotatable bonds is 5. The molecular weight excluding hydrogens is 380 g/mol. The Morgan fingerprint density at radius 2 is 1.89 bits per heavy atom. The van der Waals surface area contributed by atoms with Crippen LogP contribution < -0.4 is 0 Å². The zero-order valence-electron chi connectivity index (χ0n) is 15.5. The second kappa shape index (κ2) is 10.8. The minimum atomic E-state index is -4.17. The van der Waals surface area contributed by atoms with Crippen LogP contribution in [0, 0.1) is 10.8 Å². The fraction of sp³-hybridized carbons (Fsp3) is 0.562. The Bertz CT molecular complexity index is 700. The molecule has 0 fully saturated rings. The summed E-state index contributed by atoms with van der Waals surface area (Å²) in [6.07, 6.45) is 9.38. The molecule has 0 saturated carbocycles. The van der Waals surface area contributed by atoms with Crippen LogP contribution in [0.5, 0.6) is 0 Å². The van der Waals surface area contributed by atoms with Crippen molar-refractivity contribution >= 4 is 22.3 Å². The average molecular weight is 406 g/mol. The van der Waals surface area contributed by atoms with E-state index in [0.29, 0.717) is 12.8 Å². The molecule has 0 spiro atoms. The Hall–Kier alpha value is -2.24. The van der Waals surface area contributed by atoms with Gasteiger partial charge in [-0.3, -0.25) is 14.1 Å². The van der Waals surface area contributed by atoms with Gasteiger partial charge in [0.05, 0.1) is 23.8 Å². The lowest BCUT2D eigenvalue weighted by Gasteiger charge is -2.37. The van der Waals surface area contributed by atoms with Crippen molar-refractivity contribution in [2.75, 3.05) is 6.61 Å². The molecule has 1 aliphatic carbocycles. The summed E-state index contributed by atoms with van der Waals surface area (Å²) in [6, 6.07) is 0. The molecule has 1 heterocycles. The van der Waals surface area contributed by atoms with Crippen molar-refractivity contribution in [3.05, 3.63) is 30.9 Å². The number of nitrogens with one attached hydrogen (secondary N) is 1. The van der Waals surface area contributed by atoms with E-state index in [4.69, 9.17) is 14.8 Å². The van der Waals surface area contributed by atoms with E-state index in [1.807, 2.05) is 0 Å². The number of carboxylic acid groups (broad SMARTS) is 2. The fourth-order valence-corrected chi connectivity index (χ4v) is 2.74. The number of hydrogen-bond acceptors (Lipinski definition) is 6. The van der Waals surface area contributed by atoms with Gasteiger partial charge in [-0.05, 0) is 33.1 Å².